The fourth-order valence-electron chi connectivity index (χ4n) is 2.60. The van der Waals surface area contributed by atoms with Gasteiger partial charge in [0, 0.05) is 10.8 Å². The number of carbonyl (C=O) groups is 1. The molecule has 28 heavy (non-hydrogen) atoms. The van der Waals surface area contributed by atoms with Crippen LogP contribution in [0.2, 0.25) is 0 Å². The smallest absolute Gasteiger partial charge is 1.00 e. The molecule has 0 amide bonds. The van der Waals surface area contributed by atoms with E-state index in [4.69, 9.17) is 0 Å². The van der Waals surface area contributed by atoms with Gasteiger partial charge in [0.05, 0.1) is 5.69 Å². The molecule has 0 aliphatic rings. The van der Waals surface area contributed by atoms with Gasteiger partial charge >= 0.3 is 43.7 Å². The summed E-state index contributed by atoms with van der Waals surface area (Å²) in [7, 11) is -4.52. The number of hydrogen-bond acceptors (Lipinski definition) is 6. The fourth-order valence-corrected chi connectivity index (χ4v) is 3.31. The van der Waals surface area contributed by atoms with Gasteiger partial charge in [0.1, 0.15) is 21.9 Å². The van der Waals surface area contributed by atoms with Gasteiger partial charge in [-0.15, -0.1) is 10.2 Å². The number of aromatic carboxylic acids is 1. The number of aryl methyl sites for hydroxylation is 1. The molecule has 0 unspecified atom stereocenters. The molecule has 3 N–H and O–H groups in total. The SMILES string of the molecule is Cc1ccc(N=Nc2cc(C(=O)O)c(O)c3ccccc23)c(S(=O)(=O)O)c1.[Ca+2].[H-].[H-]. The number of hydrogen-bond donors (Lipinski definition) is 3. The van der Waals surface area contributed by atoms with Gasteiger partial charge in [0.25, 0.3) is 10.1 Å². The Morgan fingerprint density at radius 1 is 1.00 bits per heavy atom. The van der Waals surface area contributed by atoms with E-state index < -0.39 is 26.7 Å². The van der Waals surface area contributed by atoms with E-state index in [0.29, 0.717) is 10.9 Å². The normalized spacial score (nSPS) is 11.5. The van der Waals surface area contributed by atoms with Crippen LogP contribution < -0.4 is 0 Å². The third-order valence-corrected chi connectivity index (χ3v) is 4.77. The van der Waals surface area contributed by atoms with Crippen LogP contribution in [0.1, 0.15) is 18.8 Å². The van der Waals surface area contributed by atoms with E-state index in [0.717, 1.165) is 6.07 Å². The van der Waals surface area contributed by atoms with Crippen LogP contribution in [-0.4, -0.2) is 66.9 Å². The maximum absolute atomic E-state index is 11.6. The molecule has 3 rings (SSSR count). The number of fused-ring (bicyclic) bond motifs is 1. The number of carboxylic acid groups (broad SMARTS) is 1. The molecule has 0 heterocycles. The number of benzene rings is 3. The second-order valence-corrected chi connectivity index (χ2v) is 7.18. The minimum atomic E-state index is -4.52. The largest absolute Gasteiger partial charge is 2.00 e. The van der Waals surface area contributed by atoms with Crippen LogP contribution in [0.25, 0.3) is 10.8 Å². The molecule has 142 valence electrons. The Morgan fingerprint density at radius 3 is 2.21 bits per heavy atom. The van der Waals surface area contributed by atoms with Gasteiger partial charge < -0.3 is 13.1 Å². The van der Waals surface area contributed by atoms with Crippen molar-refractivity contribution in [2.75, 3.05) is 0 Å². The minimum Gasteiger partial charge on any atom is -1.00 e. The number of phenols is 1. The Kier molecular flexibility index (Phi) is 6.79. The molecule has 0 aliphatic heterocycles. The Hall–Kier alpha value is -2.04. The molecular formula is C18H16CaN2O6S. The molecule has 0 fully saturated rings. The molecule has 3 aromatic carbocycles. The predicted octanol–water partition coefficient (Wildman–Crippen LogP) is 4.06. The maximum atomic E-state index is 11.6. The van der Waals surface area contributed by atoms with Gasteiger partial charge in [-0.1, -0.05) is 30.3 Å². The fraction of sp³-hybridized carbons (Fsp3) is 0.0556. The van der Waals surface area contributed by atoms with Gasteiger partial charge in [-0.3, -0.25) is 4.55 Å². The summed E-state index contributed by atoms with van der Waals surface area (Å²) in [6, 6.07) is 11.8. The molecular weight excluding hydrogens is 412 g/mol. The number of rotatable bonds is 4. The van der Waals surface area contributed by atoms with Crippen LogP contribution in [-0.2, 0) is 10.1 Å². The third-order valence-electron chi connectivity index (χ3n) is 3.88. The maximum Gasteiger partial charge on any atom is 2.00 e. The zero-order valence-corrected chi connectivity index (χ0v) is 17.7. The first-order valence-corrected chi connectivity index (χ1v) is 9.10. The first-order chi connectivity index (χ1) is 12.7. The zero-order chi connectivity index (χ0) is 19.8. The quantitative estimate of drug-likeness (QED) is 0.326. The van der Waals surface area contributed by atoms with Crippen molar-refractivity contribution >= 4 is 76.0 Å². The van der Waals surface area contributed by atoms with E-state index in [1.165, 1.54) is 18.2 Å². The Morgan fingerprint density at radius 2 is 1.61 bits per heavy atom. The van der Waals surface area contributed by atoms with Gasteiger partial charge in [-0.2, -0.15) is 8.42 Å². The molecule has 0 bridgehead atoms. The van der Waals surface area contributed by atoms with Gasteiger partial charge in [-0.05, 0) is 30.7 Å². The second kappa shape index (κ2) is 8.54. The molecule has 0 atom stereocenters. The summed E-state index contributed by atoms with van der Waals surface area (Å²) in [5.41, 5.74) is 0.270. The number of carboxylic acids is 1. The molecule has 0 aromatic heterocycles. The van der Waals surface area contributed by atoms with Crippen molar-refractivity contribution in [1.29, 1.82) is 0 Å². The summed E-state index contributed by atoms with van der Waals surface area (Å²) in [4.78, 5) is 11.0. The van der Waals surface area contributed by atoms with Crippen LogP contribution in [0, 0.1) is 6.92 Å². The summed E-state index contributed by atoms with van der Waals surface area (Å²) in [6.07, 6.45) is 0. The molecule has 0 radical (unpaired) electrons. The molecule has 0 aliphatic carbocycles. The summed E-state index contributed by atoms with van der Waals surface area (Å²) >= 11 is 0. The topological polar surface area (TPSA) is 137 Å². The Balaban J connectivity index is 0.00000280. The Bertz CT molecular complexity index is 1220. The van der Waals surface area contributed by atoms with E-state index in [1.807, 2.05) is 0 Å². The van der Waals surface area contributed by atoms with E-state index in [9.17, 15) is 28.0 Å². The summed E-state index contributed by atoms with van der Waals surface area (Å²) in [5, 5.41) is 28.0. The molecule has 0 saturated heterocycles. The predicted molar refractivity (Wildman–Crippen MR) is 106 cm³/mol. The van der Waals surface area contributed by atoms with Crippen LogP contribution in [0.4, 0.5) is 11.4 Å². The van der Waals surface area contributed by atoms with Crippen molar-refractivity contribution in [2.45, 2.75) is 11.8 Å². The van der Waals surface area contributed by atoms with Crippen molar-refractivity contribution in [1.82, 2.24) is 0 Å². The van der Waals surface area contributed by atoms with Crippen LogP contribution >= 0.6 is 0 Å². The van der Waals surface area contributed by atoms with Crippen LogP contribution in [0.5, 0.6) is 5.75 Å². The van der Waals surface area contributed by atoms with E-state index >= 15 is 0 Å². The minimum absolute atomic E-state index is 0. The average molecular weight is 428 g/mol. The Labute approximate surface area is 193 Å². The third kappa shape index (κ3) is 4.50. The number of azo groups is 1. The average Bonchev–Trinajstić information content (AvgIpc) is 2.61. The summed E-state index contributed by atoms with van der Waals surface area (Å²) in [5.74, 6) is -1.74. The molecule has 0 saturated carbocycles. The van der Waals surface area contributed by atoms with Crippen LogP contribution in [0.3, 0.4) is 0 Å². The standard InChI is InChI=1S/C18H14N2O6S.Ca.2H/c1-10-6-7-14(16(8-10)27(24,25)26)19-20-15-9-13(18(22)23)17(21)12-5-3-2-4-11(12)15;;;/h2-9,21H,1H3,(H,22,23)(H,24,25,26);;;/q;+2;2*-1. The zero-order valence-electron chi connectivity index (χ0n) is 16.7. The van der Waals surface area contributed by atoms with Gasteiger partial charge in [0.15, 0.2) is 0 Å². The first kappa shape index (κ1) is 22.3. The van der Waals surface area contributed by atoms with Gasteiger partial charge in [-0.25, -0.2) is 4.79 Å². The van der Waals surface area contributed by atoms with E-state index in [1.54, 1.807) is 31.2 Å². The first-order valence-electron chi connectivity index (χ1n) is 7.66. The van der Waals surface area contributed by atoms with Crippen LogP contribution in [0.15, 0.2) is 63.7 Å². The van der Waals surface area contributed by atoms with Crippen molar-refractivity contribution in [3.8, 4) is 5.75 Å². The monoisotopic (exact) mass is 428 g/mol. The van der Waals surface area contributed by atoms with Crippen molar-refractivity contribution in [3.63, 3.8) is 0 Å². The number of aromatic hydroxyl groups is 1. The van der Waals surface area contributed by atoms with Crippen molar-refractivity contribution in [3.05, 3.63) is 59.7 Å². The molecule has 0 spiro atoms. The van der Waals surface area contributed by atoms with E-state index in [-0.39, 0.29) is 62.9 Å². The molecule has 10 heteroatoms. The second-order valence-electron chi connectivity index (χ2n) is 5.79. The molecule has 3 aromatic rings. The van der Waals surface area contributed by atoms with Crippen molar-refractivity contribution < 1.29 is 30.8 Å². The number of nitrogens with zero attached hydrogens (tertiary/aromatic N) is 2. The van der Waals surface area contributed by atoms with E-state index in [2.05, 4.69) is 10.2 Å². The van der Waals surface area contributed by atoms with Gasteiger partial charge in [0.2, 0.25) is 0 Å². The molecule has 8 nitrogen and oxygen atoms in total. The van der Waals surface area contributed by atoms with Crippen molar-refractivity contribution in [2.24, 2.45) is 10.2 Å². The summed E-state index contributed by atoms with van der Waals surface area (Å²) in [6.45, 7) is 1.65. The summed E-state index contributed by atoms with van der Waals surface area (Å²) < 4.78 is 32.5.